The van der Waals surface area contributed by atoms with Crippen molar-refractivity contribution in [3.63, 3.8) is 0 Å². The number of nitrogen functional groups attached to an aromatic ring is 1. The van der Waals surface area contributed by atoms with Crippen molar-refractivity contribution < 1.29 is 14.4 Å². The van der Waals surface area contributed by atoms with Crippen LogP contribution in [0.5, 0.6) is 0 Å². The Morgan fingerprint density at radius 2 is 1.51 bits per heavy atom. The molecule has 4 aliphatic rings. The van der Waals surface area contributed by atoms with Crippen LogP contribution in [0.3, 0.4) is 0 Å². The number of likely N-dealkylation sites (tertiary alicyclic amines) is 3. The molecule has 4 aliphatic heterocycles. The highest BCUT2D eigenvalue weighted by Gasteiger charge is 2.36. The van der Waals surface area contributed by atoms with E-state index in [9.17, 15) is 14.4 Å². The van der Waals surface area contributed by atoms with Crippen molar-refractivity contribution in [1.82, 2.24) is 24.9 Å². The van der Waals surface area contributed by atoms with E-state index in [1.165, 1.54) is 25.9 Å². The number of fused-ring (bicyclic) bond motifs is 1. The number of amides is 5. The molecule has 0 aromatic heterocycles. The third-order valence-corrected chi connectivity index (χ3v) is 12.1. The number of nitrogens with one attached hydrogen (secondary N) is 2. The third kappa shape index (κ3) is 7.91. The Morgan fingerprint density at radius 3 is 2.15 bits per heavy atom. The zero-order valence-electron chi connectivity index (χ0n) is 27.2. The maximum Gasteiger partial charge on any atom is 0.322 e. The summed E-state index contributed by atoms with van der Waals surface area (Å²) in [6, 6.07) is 10.8. The quantitative estimate of drug-likeness (QED) is 0.304. The molecule has 0 radical (unpaired) electrons. The standard InChI is InChI=1S/C35H47Br2N7O3/c1-2-41-13-7-24(8-14-41)25-9-15-42(16-10-25)33(45)31(21-23-19-28(36)32(38)29(37)20-23)40-34(46)43-17-11-27(12-18-43)44-22-26-5-3-4-6-30(26)39-35(44)47/h3-6,19-20,24-25,27,31H,2,7-18,21-22,38H2,1H3,(H,39,47)(H,40,46)/t31-/m0/s1. The molecule has 6 rings (SSSR count). The molecule has 3 fully saturated rings. The molecular formula is C35H47Br2N7O3. The van der Waals surface area contributed by atoms with Crippen LogP contribution in [0, 0.1) is 11.8 Å². The van der Waals surface area contributed by atoms with Crippen LogP contribution in [0.1, 0.15) is 56.6 Å². The Labute approximate surface area is 295 Å². The van der Waals surface area contributed by atoms with Crippen LogP contribution in [0.4, 0.5) is 21.0 Å². The first-order valence-corrected chi connectivity index (χ1v) is 18.7. The molecule has 2 aromatic carbocycles. The van der Waals surface area contributed by atoms with Gasteiger partial charge < -0.3 is 36.0 Å². The molecular weight excluding hydrogens is 726 g/mol. The predicted octanol–water partition coefficient (Wildman–Crippen LogP) is 5.90. The summed E-state index contributed by atoms with van der Waals surface area (Å²) < 4.78 is 1.50. The lowest BCUT2D eigenvalue weighted by molar-refractivity contribution is -0.135. The van der Waals surface area contributed by atoms with Crippen molar-refractivity contribution in [3.8, 4) is 0 Å². The molecule has 5 amide bonds. The minimum absolute atomic E-state index is 0.0276. The number of carbonyl (C=O) groups excluding carboxylic acids is 3. The topological polar surface area (TPSA) is 114 Å². The zero-order valence-corrected chi connectivity index (χ0v) is 30.4. The lowest BCUT2D eigenvalue weighted by atomic mass is 9.78. The van der Waals surface area contributed by atoms with Gasteiger partial charge in [-0.15, -0.1) is 0 Å². The maximum absolute atomic E-state index is 14.1. The van der Waals surface area contributed by atoms with E-state index in [-0.39, 0.29) is 24.0 Å². The second-order valence-electron chi connectivity index (χ2n) is 13.5. The first kappa shape index (κ1) is 34.0. The Balaban J connectivity index is 1.08. The van der Waals surface area contributed by atoms with Gasteiger partial charge in [0.25, 0.3) is 0 Å². The number of halogens is 2. The van der Waals surface area contributed by atoms with E-state index in [1.807, 2.05) is 46.2 Å². The normalized spacial score (nSPS) is 20.9. The summed E-state index contributed by atoms with van der Waals surface area (Å²) in [6.45, 7) is 8.77. The van der Waals surface area contributed by atoms with Gasteiger partial charge in [-0.2, -0.15) is 0 Å². The van der Waals surface area contributed by atoms with Crippen molar-refractivity contribution in [2.45, 2.75) is 70.5 Å². The largest absolute Gasteiger partial charge is 0.397 e. The Morgan fingerprint density at radius 1 is 0.915 bits per heavy atom. The van der Waals surface area contributed by atoms with Gasteiger partial charge in [-0.1, -0.05) is 25.1 Å². The highest BCUT2D eigenvalue weighted by atomic mass is 79.9. The van der Waals surface area contributed by atoms with Gasteiger partial charge in [0, 0.05) is 59.8 Å². The lowest BCUT2D eigenvalue weighted by Crippen LogP contribution is -2.57. The van der Waals surface area contributed by atoms with Gasteiger partial charge in [0.05, 0.1) is 5.69 Å². The fourth-order valence-electron chi connectivity index (χ4n) is 7.88. The number of benzene rings is 2. The van der Waals surface area contributed by atoms with Crippen molar-refractivity contribution in [2.75, 3.05) is 56.9 Å². The monoisotopic (exact) mass is 771 g/mol. The van der Waals surface area contributed by atoms with Gasteiger partial charge >= 0.3 is 12.1 Å². The number of para-hydroxylation sites is 1. The molecule has 12 heteroatoms. The van der Waals surface area contributed by atoms with Crippen molar-refractivity contribution in [1.29, 1.82) is 0 Å². The first-order chi connectivity index (χ1) is 22.7. The number of hydrogen-bond acceptors (Lipinski definition) is 5. The van der Waals surface area contributed by atoms with E-state index >= 15 is 0 Å². The summed E-state index contributed by atoms with van der Waals surface area (Å²) in [7, 11) is 0. The predicted molar refractivity (Wildman–Crippen MR) is 192 cm³/mol. The van der Waals surface area contributed by atoms with Crippen LogP contribution in [0.2, 0.25) is 0 Å². The molecule has 1 atom stereocenters. The fourth-order valence-corrected chi connectivity index (χ4v) is 9.16. The van der Waals surface area contributed by atoms with Gasteiger partial charge in [0.2, 0.25) is 5.91 Å². The van der Waals surface area contributed by atoms with E-state index in [2.05, 4.69) is 54.3 Å². The smallest absolute Gasteiger partial charge is 0.322 e. The Hall–Kier alpha value is -2.83. The van der Waals surface area contributed by atoms with Crippen LogP contribution in [0.15, 0.2) is 45.3 Å². The molecule has 4 heterocycles. The molecule has 0 unspecified atom stereocenters. The molecule has 254 valence electrons. The molecule has 47 heavy (non-hydrogen) atoms. The van der Waals surface area contributed by atoms with Crippen molar-refractivity contribution >= 4 is 61.2 Å². The molecule has 0 saturated carbocycles. The Bertz CT molecular complexity index is 1430. The highest BCUT2D eigenvalue weighted by Crippen LogP contribution is 2.34. The molecule has 0 bridgehead atoms. The molecule has 10 nitrogen and oxygen atoms in total. The van der Waals surface area contributed by atoms with Crippen LogP contribution in [-0.2, 0) is 17.8 Å². The average molecular weight is 774 g/mol. The summed E-state index contributed by atoms with van der Waals surface area (Å²) >= 11 is 7.07. The van der Waals surface area contributed by atoms with E-state index < -0.39 is 6.04 Å². The minimum Gasteiger partial charge on any atom is -0.397 e. The van der Waals surface area contributed by atoms with Gasteiger partial charge in [0.15, 0.2) is 0 Å². The number of rotatable bonds is 7. The summed E-state index contributed by atoms with van der Waals surface area (Å²) in [5.74, 6) is 1.37. The SMILES string of the molecule is CCN1CCC(C2CCN(C(=O)[C@H](Cc3cc(Br)c(N)c(Br)c3)NC(=O)N3CCC(N4Cc5ccccc5NC4=O)CC3)CC2)CC1. The zero-order chi connectivity index (χ0) is 33.1. The summed E-state index contributed by atoms with van der Waals surface area (Å²) in [5, 5.41) is 6.13. The number of nitrogens with zero attached hydrogens (tertiary/aromatic N) is 4. The third-order valence-electron chi connectivity index (χ3n) is 10.8. The number of urea groups is 2. The average Bonchev–Trinajstić information content (AvgIpc) is 3.10. The maximum atomic E-state index is 14.1. The minimum atomic E-state index is -0.698. The van der Waals surface area contributed by atoms with Crippen LogP contribution in [-0.4, -0.2) is 95.5 Å². The Kier molecular flexibility index (Phi) is 11.0. The molecule has 4 N–H and O–H groups in total. The van der Waals surface area contributed by atoms with E-state index in [1.54, 1.807) is 4.90 Å². The van der Waals surface area contributed by atoms with E-state index in [4.69, 9.17) is 5.73 Å². The second kappa shape index (κ2) is 15.2. The summed E-state index contributed by atoms with van der Waals surface area (Å²) in [5.41, 5.74) is 9.61. The van der Waals surface area contributed by atoms with Crippen LogP contribution >= 0.6 is 31.9 Å². The van der Waals surface area contributed by atoms with Crippen molar-refractivity contribution in [3.05, 3.63) is 56.5 Å². The van der Waals surface area contributed by atoms with Crippen molar-refractivity contribution in [2.24, 2.45) is 11.8 Å². The summed E-state index contributed by atoms with van der Waals surface area (Å²) in [4.78, 5) is 48.9. The second-order valence-corrected chi connectivity index (χ2v) is 15.3. The van der Waals surface area contributed by atoms with Gasteiger partial charge in [-0.25, -0.2) is 9.59 Å². The van der Waals surface area contributed by atoms with E-state index in [0.29, 0.717) is 50.5 Å². The number of nitrogens with two attached hydrogens (primary N) is 1. The van der Waals surface area contributed by atoms with Crippen LogP contribution < -0.4 is 16.4 Å². The number of carbonyl (C=O) groups is 3. The molecule has 0 aliphatic carbocycles. The van der Waals surface area contributed by atoms with Gasteiger partial charge in [-0.05, 0) is 131 Å². The van der Waals surface area contributed by atoms with E-state index in [0.717, 1.165) is 64.2 Å². The summed E-state index contributed by atoms with van der Waals surface area (Å²) in [6.07, 6.45) is 6.26. The van der Waals surface area contributed by atoms with Gasteiger partial charge in [-0.3, -0.25) is 4.79 Å². The fraction of sp³-hybridized carbons (Fsp3) is 0.571. The molecule has 2 aromatic rings. The highest BCUT2D eigenvalue weighted by molar-refractivity contribution is 9.11. The number of hydrogen-bond donors (Lipinski definition) is 3. The number of anilines is 2. The molecule has 3 saturated heterocycles. The van der Waals surface area contributed by atoms with Crippen LogP contribution in [0.25, 0.3) is 0 Å². The molecule has 0 spiro atoms. The lowest BCUT2D eigenvalue weighted by Gasteiger charge is -2.41. The van der Waals surface area contributed by atoms with Gasteiger partial charge in [0.1, 0.15) is 6.04 Å². The first-order valence-electron chi connectivity index (χ1n) is 17.2. The number of piperidine rings is 3.